The third kappa shape index (κ3) is 3.82. The lowest BCUT2D eigenvalue weighted by molar-refractivity contribution is 0.0883. The number of carbonyl (C=O) groups excluding carboxylic acids is 1. The van der Waals surface area contributed by atoms with Crippen LogP contribution in [0.1, 0.15) is 54.3 Å². The van der Waals surface area contributed by atoms with E-state index in [1.807, 2.05) is 5.38 Å². The number of aliphatic hydroxyl groups is 1. The number of amides is 1. The van der Waals surface area contributed by atoms with Gasteiger partial charge in [0.2, 0.25) is 0 Å². The highest BCUT2D eigenvalue weighted by atomic mass is 32.1. The Labute approximate surface area is 118 Å². The normalized spacial score (nSPS) is 17.4. The molecule has 3 nitrogen and oxygen atoms in total. The van der Waals surface area contributed by atoms with Crippen LogP contribution in [-0.4, -0.2) is 23.2 Å². The molecular weight excluding hydrogens is 258 g/mol. The van der Waals surface area contributed by atoms with Crippen LogP contribution in [-0.2, 0) is 0 Å². The molecule has 0 aromatic carbocycles. The van der Waals surface area contributed by atoms with Gasteiger partial charge in [0.1, 0.15) is 6.61 Å². The Morgan fingerprint density at radius 1 is 1.47 bits per heavy atom. The third-order valence-electron chi connectivity index (χ3n) is 3.52. The second kappa shape index (κ2) is 6.23. The van der Waals surface area contributed by atoms with Gasteiger partial charge in [0.15, 0.2) is 0 Å². The molecule has 1 aromatic heterocycles. The summed E-state index contributed by atoms with van der Waals surface area (Å²) in [5.74, 6) is 5.40. The Bertz CT molecular complexity index is 504. The topological polar surface area (TPSA) is 49.3 Å². The monoisotopic (exact) mass is 277 g/mol. The SMILES string of the molecule is CC1(NC(=O)c2csc(C#CCO)c2)CCCCC1. The molecule has 1 aliphatic carbocycles. The summed E-state index contributed by atoms with van der Waals surface area (Å²) in [6.45, 7) is 1.97. The van der Waals surface area contributed by atoms with E-state index >= 15 is 0 Å². The van der Waals surface area contributed by atoms with Crippen molar-refractivity contribution in [1.29, 1.82) is 0 Å². The van der Waals surface area contributed by atoms with Crippen LogP contribution in [0.4, 0.5) is 0 Å². The van der Waals surface area contributed by atoms with Crippen molar-refractivity contribution in [2.45, 2.75) is 44.6 Å². The van der Waals surface area contributed by atoms with E-state index in [-0.39, 0.29) is 18.1 Å². The highest BCUT2D eigenvalue weighted by molar-refractivity contribution is 7.10. The Morgan fingerprint density at radius 3 is 2.89 bits per heavy atom. The average molecular weight is 277 g/mol. The van der Waals surface area contributed by atoms with Crippen molar-refractivity contribution >= 4 is 17.2 Å². The average Bonchev–Trinajstić information content (AvgIpc) is 2.85. The van der Waals surface area contributed by atoms with Crippen molar-refractivity contribution in [3.8, 4) is 11.8 Å². The quantitative estimate of drug-likeness (QED) is 0.816. The van der Waals surface area contributed by atoms with Gasteiger partial charge >= 0.3 is 0 Å². The minimum Gasteiger partial charge on any atom is -0.384 e. The first-order valence-electron chi connectivity index (χ1n) is 6.64. The van der Waals surface area contributed by atoms with Crippen LogP contribution >= 0.6 is 11.3 Å². The van der Waals surface area contributed by atoms with E-state index in [1.165, 1.54) is 30.6 Å². The van der Waals surface area contributed by atoms with Gasteiger partial charge in [-0.15, -0.1) is 11.3 Å². The van der Waals surface area contributed by atoms with E-state index in [1.54, 1.807) is 6.07 Å². The van der Waals surface area contributed by atoms with Gasteiger partial charge in [-0.25, -0.2) is 0 Å². The first-order valence-corrected chi connectivity index (χ1v) is 7.52. The molecular formula is C15H19NO2S. The van der Waals surface area contributed by atoms with Gasteiger partial charge in [0.25, 0.3) is 5.91 Å². The maximum absolute atomic E-state index is 12.2. The maximum Gasteiger partial charge on any atom is 0.252 e. The molecule has 1 aromatic rings. The van der Waals surface area contributed by atoms with Crippen molar-refractivity contribution in [3.05, 3.63) is 21.9 Å². The van der Waals surface area contributed by atoms with E-state index in [0.717, 1.165) is 17.7 Å². The highest BCUT2D eigenvalue weighted by Crippen LogP contribution is 2.28. The van der Waals surface area contributed by atoms with Gasteiger partial charge in [-0.05, 0) is 25.8 Å². The lowest BCUT2D eigenvalue weighted by atomic mass is 9.83. The second-order valence-electron chi connectivity index (χ2n) is 5.23. The van der Waals surface area contributed by atoms with E-state index in [0.29, 0.717) is 5.56 Å². The standard InChI is InChI=1S/C15H19NO2S/c1-15(7-3-2-4-8-15)16-14(18)12-10-13(19-11-12)6-5-9-17/h10-11,17H,2-4,7-9H2,1H3,(H,16,18). The molecule has 0 radical (unpaired) electrons. The summed E-state index contributed by atoms with van der Waals surface area (Å²) in [6.07, 6.45) is 5.76. The van der Waals surface area contributed by atoms with Crippen molar-refractivity contribution in [2.24, 2.45) is 0 Å². The molecule has 1 aliphatic rings. The Hall–Kier alpha value is -1.31. The second-order valence-corrected chi connectivity index (χ2v) is 6.15. The number of nitrogens with one attached hydrogen (secondary N) is 1. The fraction of sp³-hybridized carbons (Fsp3) is 0.533. The molecule has 0 unspecified atom stereocenters. The van der Waals surface area contributed by atoms with Crippen LogP contribution in [0.5, 0.6) is 0 Å². The lowest BCUT2D eigenvalue weighted by Crippen LogP contribution is -2.47. The summed E-state index contributed by atoms with van der Waals surface area (Å²) in [5, 5.41) is 13.6. The zero-order valence-corrected chi connectivity index (χ0v) is 12.0. The van der Waals surface area contributed by atoms with Gasteiger partial charge in [-0.3, -0.25) is 4.79 Å². The molecule has 1 heterocycles. The summed E-state index contributed by atoms with van der Waals surface area (Å²) in [5.41, 5.74) is 0.604. The maximum atomic E-state index is 12.2. The Morgan fingerprint density at radius 2 is 2.21 bits per heavy atom. The van der Waals surface area contributed by atoms with Crippen LogP contribution < -0.4 is 5.32 Å². The van der Waals surface area contributed by atoms with Gasteiger partial charge < -0.3 is 10.4 Å². The highest BCUT2D eigenvalue weighted by Gasteiger charge is 2.28. The number of thiophene rings is 1. The summed E-state index contributed by atoms with van der Waals surface area (Å²) in [4.78, 5) is 13.0. The van der Waals surface area contributed by atoms with Gasteiger partial charge in [-0.2, -0.15) is 0 Å². The molecule has 2 rings (SSSR count). The van der Waals surface area contributed by atoms with Crippen LogP contribution in [0.3, 0.4) is 0 Å². The molecule has 4 heteroatoms. The number of hydrogen-bond donors (Lipinski definition) is 2. The van der Waals surface area contributed by atoms with Crippen molar-refractivity contribution in [1.82, 2.24) is 5.32 Å². The van der Waals surface area contributed by atoms with Gasteiger partial charge in [0, 0.05) is 10.9 Å². The largest absolute Gasteiger partial charge is 0.384 e. The molecule has 0 aliphatic heterocycles. The van der Waals surface area contributed by atoms with Crippen molar-refractivity contribution in [2.75, 3.05) is 6.61 Å². The fourth-order valence-corrected chi connectivity index (χ4v) is 3.21. The van der Waals surface area contributed by atoms with Crippen LogP contribution in [0.2, 0.25) is 0 Å². The van der Waals surface area contributed by atoms with Crippen molar-refractivity contribution < 1.29 is 9.90 Å². The predicted octanol–water partition coefficient (Wildman–Crippen LogP) is 2.54. The molecule has 0 saturated heterocycles. The zero-order valence-electron chi connectivity index (χ0n) is 11.2. The summed E-state index contributed by atoms with van der Waals surface area (Å²) < 4.78 is 0. The first-order chi connectivity index (χ1) is 9.13. The molecule has 1 amide bonds. The Balaban J connectivity index is 2.01. The minimum absolute atomic E-state index is 0.0160. The molecule has 0 spiro atoms. The van der Waals surface area contributed by atoms with Gasteiger partial charge in [-0.1, -0.05) is 31.1 Å². The van der Waals surface area contributed by atoms with Crippen LogP contribution in [0.15, 0.2) is 11.4 Å². The molecule has 1 fully saturated rings. The van der Waals surface area contributed by atoms with E-state index in [9.17, 15) is 4.79 Å². The minimum atomic E-state index is -0.155. The van der Waals surface area contributed by atoms with E-state index in [2.05, 4.69) is 24.1 Å². The lowest BCUT2D eigenvalue weighted by Gasteiger charge is -2.34. The third-order valence-corrected chi connectivity index (χ3v) is 4.37. The predicted molar refractivity (Wildman–Crippen MR) is 77.2 cm³/mol. The molecule has 2 N–H and O–H groups in total. The van der Waals surface area contributed by atoms with Gasteiger partial charge in [0.05, 0.1) is 10.4 Å². The summed E-state index contributed by atoms with van der Waals surface area (Å²) in [7, 11) is 0. The van der Waals surface area contributed by atoms with E-state index in [4.69, 9.17) is 5.11 Å². The fourth-order valence-electron chi connectivity index (χ4n) is 2.45. The number of aliphatic hydroxyl groups excluding tert-OH is 1. The number of hydrogen-bond acceptors (Lipinski definition) is 3. The molecule has 19 heavy (non-hydrogen) atoms. The molecule has 0 bridgehead atoms. The van der Waals surface area contributed by atoms with Crippen LogP contribution in [0, 0.1) is 11.8 Å². The van der Waals surface area contributed by atoms with Crippen molar-refractivity contribution in [3.63, 3.8) is 0 Å². The first kappa shape index (κ1) is 14.1. The number of carbonyl (C=O) groups is 1. The Kier molecular flexibility index (Phi) is 4.62. The number of rotatable bonds is 2. The molecule has 0 atom stereocenters. The van der Waals surface area contributed by atoms with E-state index < -0.39 is 0 Å². The summed E-state index contributed by atoms with van der Waals surface area (Å²) >= 11 is 1.43. The summed E-state index contributed by atoms with van der Waals surface area (Å²) in [6, 6.07) is 1.79. The molecule has 102 valence electrons. The molecule has 1 saturated carbocycles. The zero-order chi connectivity index (χ0) is 13.7. The smallest absolute Gasteiger partial charge is 0.252 e. The van der Waals surface area contributed by atoms with Crippen LogP contribution in [0.25, 0.3) is 0 Å².